The second kappa shape index (κ2) is 7.75. The van der Waals surface area contributed by atoms with Crippen LogP contribution >= 0.6 is 11.8 Å². The second-order valence-electron chi connectivity index (χ2n) is 8.16. The van der Waals surface area contributed by atoms with Gasteiger partial charge in [0.2, 0.25) is 0 Å². The number of carbonyl (C=O) groups is 1. The number of hydrogen-bond acceptors (Lipinski definition) is 7. The first-order valence-corrected chi connectivity index (χ1v) is 10.8. The van der Waals surface area contributed by atoms with Crippen LogP contribution < -0.4 is 16.8 Å². The number of amidine groups is 1. The maximum Gasteiger partial charge on any atom is 0.274 e. The molecule has 1 amide bonds. The molecule has 7 nitrogen and oxygen atoms in total. The van der Waals surface area contributed by atoms with Crippen molar-refractivity contribution in [2.45, 2.75) is 37.0 Å². The van der Waals surface area contributed by atoms with Crippen molar-refractivity contribution in [3.05, 3.63) is 59.2 Å². The number of nitrogens with zero attached hydrogens (tertiary/aromatic N) is 2. The lowest BCUT2D eigenvalue weighted by Crippen LogP contribution is -2.67. The lowest BCUT2D eigenvalue weighted by Gasteiger charge is -2.45. The lowest BCUT2D eigenvalue weighted by molar-refractivity contribution is -0.118. The number of aliphatic imine (C=N–C) groups is 1. The van der Waals surface area contributed by atoms with Crippen molar-refractivity contribution in [2.24, 2.45) is 16.5 Å². The van der Waals surface area contributed by atoms with Crippen LogP contribution in [-0.4, -0.2) is 46.0 Å². The molecule has 5 N–H and O–H groups in total. The van der Waals surface area contributed by atoms with Gasteiger partial charge in [-0.1, -0.05) is 17.8 Å². The first-order chi connectivity index (χ1) is 15.0. The quantitative estimate of drug-likeness (QED) is 0.640. The number of aromatic nitrogens is 1. The molecule has 32 heavy (non-hydrogen) atoms. The molecule has 170 valence electrons. The Bertz CT molecular complexity index is 1090. The fourth-order valence-corrected chi connectivity index (χ4v) is 5.15. The SMILES string of the molecule is Cc1ccc(C(=O)Nc2ccc(F)c([C@]34COC(C(C)(F)F)C3(N)CSC(N)=N4)c2)nc1. The minimum atomic E-state index is -3.29. The summed E-state index contributed by atoms with van der Waals surface area (Å²) in [5.41, 5.74) is 10.2. The highest BCUT2D eigenvalue weighted by atomic mass is 32.2. The predicted molar refractivity (Wildman–Crippen MR) is 116 cm³/mol. The molecule has 1 fully saturated rings. The number of pyridine rings is 1. The average molecular weight is 466 g/mol. The highest BCUT2D eigenvalue weighted by Gasteiger charge is 2.68. The number of alkyl halides is 2. The fourth-order valence-electron chi connectivity index (χ4n) is 4.15. The maximum atomic E-state index is 15.1. The molecule has 4 rings (SSSR count). The maximum absolute atomic E-state index is 15.1. The molecular formula is C21H22F3N5O2S. The summed E-state index contributed by atoms with van der Waals surface area (Å²) in [7, 11) is 0. The Morgan fingerprint density at radius 2 is 2.09 bits per heavy atom. The van der Waals surface area contributed by atoms with E-state index >= 15 is 4.39 Å². The summed E-state index contributed by atoms with van der Waals surface area (Å²) in [6.45, 7) is 2.16. The van der Waals surface area contributed by atoms with Gasteiger partial charge in [0.15, 0.2) is 5.17 Å². The molecule has 2 unspecified atom stereocenters. The van der Waals surface area contributed by atoms with Gasteiger partial charge >= 0.3 is 0 Å². The third-order valence-electron chi connectivity index (χ3n) is 5.73. The van der Waals surface area contributed by atoms with E-state index in [1.165, 1.54) is 12.1 Å². The number of carbonyl (C=O) groups excluding carboxylic acids is 1. The van der Waals surface area contributed by atoms with Gasteiger partial charge in [-0.3, -0.25) is 9.78 Å². The first kappa shape index (κ1) is 22.6. The van der Waals surface area contributed by atoms with Crippen molar-refractivity contribution in [3.8, 4) is 0 Å². The molecule has 0 bridgehead atoms. The van der Waals surface area contributed by atoms with Gasteiger partial charge in [-0.05, 0) is 36.8 Å². The minimum Gasteiger partial charge on any atom is -0.379 e. The van der Waals surface area contributed by atoms with Crippen LogP contribution in [0.15, 0.2) is 41.5 Å². The minimum absolute atomic E-state index is 0.0419. The number of thioether (sulfide) groups is 1. The molecule has 2 aromatic rings. The fraction of sp³-hybridized carbons (Fsp3) is 0.381. The molecule has 2 aliphatic heterocycles. The number of hydrogen-bond donors (Lipinski definition) is 3. The van der Waals surface area contributed by atoms with E-state index in [2.05, 4.69) is 15.3 Å². The van der Waals surface area contributed by atoms with Crippen molar-refractivity contribution in [3.63, 3.8) is 0 Å². The molecule has 0 aliphatic carbocycles. The topological polar surface area (TPSA) is 116 Å². The number of benzene rings is 1. The molecule has 0 saturated carbocycles. The third-order valence-corrected chi connectivity index (χ3v) is 6.74. The van der Waals surface area contributed by atoms with Crippen LogP contribution in [0, 0.1) is 12.7 Å². The van der Waals surface area contributed by atoms with Crippen LogP contribution in [-0.2, 0) is 10.3 Å². The van der Waals surface area contributed by atoms with Crippen molar-refractivity contribution in [2.75, 3.05) is 17.7 Å². The number of anilines is 1. The summed E-state index contributed by atoms with van der Waals surface area (Å²) in [5, 5.41) is 2.73. The second-order valence-corrected chi connectivity index (χ2v) is 9.15. The lowest BCUT2D eigenvalue weighted by atomic mass is 9.71. The van der Waals surface area contributed by atoms with Crippen LogP contribution in [0.2, 0.25) is 0 Å². The summed E-state index contributed by atoms with van der Waals surface area (Å²) in [6.07, 6.45) is -0.154. The normalized spacial score (nSPS) is 27.6. The molecule has 3 heterocycles. The van der Waals surface area contributed by atoms with Crippen molar-refractivity contribution < 1.29 is 22.7 Å². The highest BCUT2D eigenvalue weighted by Crippen LogP contribution is 2.52. The third kappa shape index (κ3) is 3.63. The number of amides is 1. The van der Waals surface area contributed by atoms with E-state index < -0.39 is 34.8 Å². The van der Waals surface area contributed by atoms with E-state index in [9.17, 15) is 13.6 Å². The van der Waals surface area contributed by atoms with E-state index in [0.29, 0.717) is 6.92 Å². The summed E-state index contributed by atoms with van der Waals surface area (Å²) in [5.74, 6) is -4.57. The number of fused-ring (bicyclic) bond motifs is 1. The number of ether oxygens (including phenoxy) is 1. The predicted octanol–water partition coefficient (Wildman–Crippen LogP) is 2.79. The number of rotatable bonds is 4. The van der Waals surface area contributed by atoms with Crippen molar-refractivity contribution in [1.82, 2.24) is 4.98 Å². The van der Waals surface area contributed by atoms with Crippen LogP contribution in [0.25, 0.3) is 0 Å². The van der Waals surface area contributed by atoms with Crippen LogP contribution in [0.1, 0.15) is 28.5 Å². The molecule has 0 spiro atoms. The van der Waals surface area contributed by atoms with Gasteiger partial charge in [-0.25, -0.2) is 18.2 Å². The smallest absolute Gasteiger partial charge is 0.274 e. The highest BCUT2D eigenvalue weighted by molar-refractivity contribution is 8.13. The van der Waals surface area contributed by atoms with Crippen molar-refractivity contribution >= 4 is 28.5 Å². The van der Waals surface area contributed by atoms with Crippen molar-refractivity contribution in [1.29, 1.82) is 0 Å². The zero-order chi connectivity index (χ0) is 23.3. The molecule has 0 radical (unpaired) electrons. The largest absolute Gasteiger partial charge is 0.379 e. The van der Waals surface area contributed by atoms with E-state index in [0.717, 1.165) is 23.4 Å². The van der Waals surface area contributed by atoms with E-state index in [-0.39, 0.29) is 34.5 Å². The zero-order valence-electron chi connectivity index (χ0n) is 17.4. The van der Waals surface area contributed by atoms with Crippen LogP contribution in [0.4, 0.5) is 18.9 Å². The van der Waals surface area contributed by atoms with Gasteiger partial charge in [-0.15, -0.1) is 0 Å². The van der Waals surface area contributed by atoms with Gasteiger partial charge in [0.1, 0.15) is 23.2 Å². The van der Waals surface area contributed by atoms with Crippen LogP contribution in [0.3, 0.4) is 0 Å². The summed E-state index contributed by atoms with van der Waals surface area (Å²) in [4.78, 5) is 21.0. The number of nitrogens with two attached hydrogens (primary N) is 2. The average Bonchev–Trinajstić information content (AvgIpc) is 3.03. The summed E-state index contributed by atoms with van der Waals surface area (Å²) < 4.78 is 49.2. The van der Waals surface area contributed by atoms with E-state index in [4.69, 9.17) is 16.2 Å². The van der Waals surface area contributed by atoms with Gasteiger partial charge in [0.25, 0.3) is 11.8 Å². The Kier molecular flexibility index (Phi) is 5.46. The molecular weight excluding hydrogens is 443 g/mol. The first-order valence-electron chi connectivity index (χ1n) is 9.77. The Morgan fingerprint density at radius 1 is 1.34 bits per heavy atom. The van der Waals surface area contributed by atoms with Gasteiger partial charge in [0.05, 0.1) is 12.1 Å². The summed E-state index contributed by atoms with van der Waals surface area (Å²) in [6, 6.07) is 7.09. The Morgan fingerprint density at radius 3 is 2.75 bits per heavy atom. The Labute approximate surface area is 186 Å². The molecule has 3 atom stereocenters. The summed E-state index contributed by atoms with van der Waals surface area (Å²) >= 11 is 1.01. The molecule has 1 saturated heterocycles. The van der Waals surface area contributed by atoms with Gasteiger partial charge in [0, 0.05) is 30.1 Å². The molecule has 1 aromatic carbocycles. The van der Waals surface area contributed by atoms with E-state index in [1.807, 2.05) is 6.92 Å². The number of nitrogens with one attached hydrogen (secondary N) is 1. The zero-order valence-corrected chi connectivity index (χ0v) is 18.2. The van der Waals surface area contributed by atoms with Gasteiger partial charge < -0.3 is 21.5 Å². The molecule has 11 heteroatoms. The van der Waals surface area contributed by atoms with E-state index in [1.54, 1.807) is 18.3 Å². The molecule has 1 aromatic heterocycles. The monoisotopic (exact) mass is 465 g/mol. The van der Waals surface area contributed by atoms with Gasteiger partial charge in [-0.2, -0.15) is 0 Å². The Balaban J connectivity index is 1.76. The molecule has 2 aliphatic rings. The standard InChI is InChI=1S/C21H22F3N5O2S/c1-11-3-6-15(27-8-11)16(30)28-12-4-5-14(22)13(7-12)21-9-31-17(19(2,23)24)20(21,26)10-32-18(25)29-21/h3-8,17H,9-10,26H2,1-2H3,(H2,25,29)(H,28,30)/t17?,20?,21-/m1/s1. The van der Waals surface area contributed by atoms with Crippen LogP contribution in [0.5, 0.6) is 0 Å². The number of aryl methyl sites for hydroxylation is 1. The number of halogens is 3. The Hall–Kier alpha value is -2.63.